The number of aromatic nitrogens is 3. The van der Waals surface area contributed by atoms with E-state index in [1.807, 2.05) is 20.9 Å². The number of carbonyl (C=O) groups is 1. The summed E-state index contributed by atoms with van der Waals surface area (Å²) < 4.78 is 13.4. The van der Waals surface area contributed by atoms with Crippen molar-refractivity contribution in [3.63, 3.8) is 0 Å². The summed E-state index contributed by atoms with van der Waals surface area (Å²) in [5, 5.41) is 5.18. The number of nitrogens with zero attached hydrogens (tertiary/aromatic N) is 3. The van der Waals surface area contributed by atoms with Crippen molar-refractivity contribution in [2.75, 3.05) is 6.61 Å². The van der Waals surface area contributed by atoms with Crippen LogP contribution in [-0.4, -0.2) is 39.5 Å². The summed E-state index contributed by atoms with van der Waals surface area (Å²) in [5.74, 6) is 0.0300. The molecule has 6 heteroatoms. The Labute approximate surface area is 141 Å². The van der Waals surface area contributed by atoms with E-state index in [1.165, 1.54) is 0 Å². The van der Waals surface area contributed by atoms with Crippen molar-refractivity contribution in [3.8, 4) is 0 Å². The van der Waals surface area contributed by atoms with Crippen LogP contribution in [0, 0.1) is 25.2 Å². The van der Waals surface area contributed by atoms with Crippen LogP contribution < -0.4 is 0 Å². The monoisotopic (exact) mass is 329 g/mol. The topological polar surface area (TPSA) is 66.2 Å². The number of hydrogen-bond donors (Lipinski definition) is 0. The first-order valence-corrected chi connectivity index (χ1v) is 8.44. The third-order valence-corrected chi connectivity index (χ3v) is 5.54. The average molecular weight is 329 g/mol. The largest absolute Gasteiger partial charge is 0.458 e. The van der Waals surface area contributed by atoms with Gasteiger partial charge in [-0.05, 0) is 26.3 Å². The molecular formula is C18H23N3O3. The van der Waals surface area contributed by atoms with E-state index in [0.717, 1.165) is 35.4 Å². The summed E-state index contributed by atoms with van der Waals surface area (Å²) in [6.07, 6.45) is 1.07. The summed E-state index contributed by atoms with van der Waals surface area (Å²) >= 11 is 0. The van der Waals surface area contributed by atoms with Crippen molar-refractivity contribution in [1.82, 2.24) is 14.8 Å². The standard InChI is InChI=1S/C18H23N3O3/c1-9-8-12(13-10(2)20-21(5)16(13)19-9)17(22)24-15-11-6-7-23-14(11)18(15,3)4/h8,11,14-15H,6-7H2,1-5H3/t11-,14-,15+/m0/s1. The Balaban J connectivity index is 1.69. The van der Waals surface area contributed by atoms with Gasteiger partial charge in [-0.3, -0.25) is 4.68 Å². The predicted molar refractivity (Wildman–Crippen MR) is 88.8 cm³/mol. The van der Waals surface area contributed by atoms with E-state index in [4.69, 9.17) is 9.47 Å². The molecule has 2 fully saturated rings. The quantitative estimate of drug-likeness (QED) is 0.792. The Morgan fingerprint density at radius 3 is 2.92 bits per heavy atom. The highest BCUT2D eigenvalue weighted by molar-refractivity contribution is 6.04. The zero-order valence-corrected chi connectivity index (χ0v) is 14.8. The third-order valence-electron chi connectivity index (χ3n) is 5.54. The Morgan fingerprint density at radius 2 is 2.17 bits per heavy atom. The maximum Gasteiger partial charge on any atom is 0.339 e. The Hall–Kier alpha value is -1.95. The van der Waals surface area contributed by atoms with Crippen molar-refractivity contribution in [2.24, 2.45) is 18.4 Å². The maximum absolute atomic E-state index is 12.9. The molecule has 3 atom stereocenters. The van der Waals surface area contributed by atoms with Gasteiger partial charge in [0.2, 0.25) is 0 Å². The Morgan fingerprint density at radius 1 is 1.42 bits per heavy atom. The van der Waals surface area contributed by atoms with Crippen molar-refractivity contribution >= 4 is 17.0 Å². The van der Waals surface area contributed by atoms with Crippen LogP contribution in [-0.2, 0) is 16.5 Å². The minimum absolute atomic E-state index is 0.0991. The van der Waals surface area contributed by atoms with Crippen molar-refractivity contribution in [2.45, 2.75) is 46.3 Å². The number of ether oxygens (including phenoxy) is 2. The fourth-order valence-corrected chi connectivity index (χ4v) is 4.43. The van der Waals surface area contributed by atoms with E-state index < -0.39 is 0 Å². The van der Waals surface area contributed by atoms with Crippen molar-refractivity contribution < 1.29 is 14.3 Å². The third kappa shape index (κ3) is 2.02. The van der Waals surface area contributed by atoms with Crippen LogP contribution >= 0.6 is 0 Å². The van der Waals surface area contributed by atoms with Gasteiger partial charge in [-0.25, -0.2) is 9.78 Å². The molecule has 3 heterocycles. The van der Waals surface area contributed by atoms with E-state index in [1.54, 1.807) is 10.7 Å². The molecular weight excluding hydrogens is 306 g/mol. The van der Waals surface area contributed by atoms with Gasteiger partial charge in [0.25, 0.3) is 0 Å². The van der Waals surface area contributed by atoms with Crippen LogP contribution in [0.25, 0.3) is 11.0 Å². The van der Waals surface area contributed by atoms with Gasteiger partial charge in [0.1, 0.15) is 6.10 Å². The molecule has 1 aliphatic carbocycles. The van der Waals surface area contributed by atoms with E-state index in [-0.39, 0.29) is 23.6 Å². The van der Waals surface area contributed by atoms with Gasteiger partial charge in [0.05, 0.1) is 22.7 Å². The van der Waals surface area contributed by atoms with E-state index in [0.29, 0.717) is 11.5 Å². The number of pyridine rings is 1. The highest BCUT2D eigenvalue weighted by Crippen LogP contribution is 2.54. The summed E-state index contributed by atoms with van der Waals surface area (Å²) in [7, 11) is 1.84. The van der Waals surface area contributed by atoms with Gasteiger partial charge in [-0.2, -0.15) is 5.10 Å². The lowest BCUT2D eigenvalue weighted by atomic mass is 9.59. The van der Waals surface area contributed by atoms with Crippen molar-refractivity contribution in [1.29, 1.82) is 0 Å². The number of esters is 1. The summed E-state index contributed by atoms with van der Waals surface area (Å²) in [6, 6.07) is 1.80. The van der Waals surface area contributed by atoms with Gasteiger partial charge in [0.15, 0.2) is 5.65 Å². The fraction of sp³-hybridized carbons (Fsp3) is 0.611. The molecule has 2 aromatic heterocycles. The van der Waals surface area contributed by atoms with Crippen LogP contribution in [0.15, 0.2) is 6.07 Å². The summed E-state index contributed by atoms with van der Waals surface area (Å²) in [5.41, 5.74) is 2.71. The predicted octanol–water partition coefficient (Wildman–Crippen LogP) is 2.56. The second kappa shape index (κ2) is 5.02. The highest BCUT2D eigenvalue weighted by atomic mass is 16.6. The SMILES string of the molecule is Cc1cc(C(=O)O[C@@H]2[C@H]3CCO[C@@H]3C2(C)C)c2c(C)nn(C)c2n1. The van der Waals surface area contributed by atoms with Crippen LogP contribution in [0.3, 0.4) is 0 Å². The van der Waals surface area contributed by atoms with Crippen LogP contribution in [0.2, 0.25) is 0 Å². The molecule has 0 aromatic carbocycles. The molecule has 1 saturated carbocycles. The molecule has 0 unspecified atom stereocenters. The lowest BCUT2D eigenvalue weighted by molar-refractivity contribution is -0.183. The number of fused-ring (bicyclic) bond motifs is 2. The molecule has 24 heavy (non-hydrogen) atoms. The molecule has 2 aliphatic rings. The molecule has 1 aliphatic heterocycles. The summed E-state index contributed by atoms with van der Waals surface area (Å²) in [6.45, 7) is 8.75. The van der Waals surface area contributed by atoms with Gasteiger partial charge >= 0.3 is 5.97 Å². The fourth-order valence-electron chi connectivity index (χ4n) is 4.43. The number of hydrogen-bond acceptors (Lipinski definition) is 5. The van der Waals surface area contributed by atoms with E-state index in [2.05, 4.69) is 23.9 Å². The zero-order valence-electron chi connectivity index (χ0n) is 14.8. The maximum atomic E-state index is 12.9. The molecule has 1 saturated heterocycles. The van der Waals surface area contributed by atoms with Crippen LogP contribution in [0.5, 0.6) is 0 Å². The lowest BCUT2D eigenvalue weighted by Gasteiger charge is -2.53. The van der Waals surface area contributed by atoms with Gasteiger partial charge in [0, 0.05) is 30.7 Å². The lowest BCUT2D eigenvalue weighted by Crippen LogP contribution is -2.61. The minimum Gasteiger partial charge on any atom is -0.458 e. The molecule has 0 amide bonds. The first-order valence-electron chi connectivity index (χ1n) is 8.44. The minimum atomic E-state index is -0.287. The second-order valence-corrected chi connectivity index (χ2v) is 7.61. The van der Waals surface area contributed by atoms with Crippen LogP contribution in [0.4, 0.5) is 0 Å². The number of aryl methyl sites for hydroxylation is 3. The Kier molecular flexibility index (Phi) is 3.26. The molecule has 0 radical (unpaired) electrons. The molecule has 0 N–H and O–H groups in total. The van der Waals surface area contributed by atoms with Crippen molar-refractivity contribution in [3.05, 3.63) is 23.0 Å². The summed E-state index contributed by atoms with van der Waals surface area (Å²) in [4.78, 5) is 17.4. The smallest absolute Gasteiger partial charge is 0.339 e. The first-order chi connectivity index (χ1) is 11.3. The molecule has 4 rings (SSSR count). The molecule has 6 nitrogen and oxygen atoms in total. The highest BCUT2D eigenvalue weighted by Gasteiger charge is 2.61. The number of rotatable bonds is 2. The normalized spacial score (nSPS) is 27.8. The van der Waals surface area contributed by atoms with E-state index in [9.17, 15) is 4.79 Å². The van der Waals surface area contributed by atoms with E-state index >= 15 is 0 Å². The average Bonchev–Trinajstić information content (AvgIpc) is 3.08. The van der Waals surface area contributed by atoms with Crippen LogP contribution in [0.1, 0.15) is 42.0 Å². The number of carbonyl (C=O) groups excluding carboxylic acids is 1. The second-order valence-electron chi connectivity index (χ2n) is 7.61. The first kappa shape index (κ1) is 15.6. The molecule has 2 aromatic rings. The van der Waals surface area contributed by atoms with Gasteiger partial charge in [-0.15, -0.1) is 0 Å². The Bertz CT molecular complexity index is 840. The van der Waals surface area contributed by atoms with Gasteiger partial charge in [-0.1, -0.05) is 13.8 Å². The van der Waals surface area contributed by atoms with Gasteiger partial charge < -0.3 is 9.47 Å². The zero-order chi connectivity index (χ0) is 17.2. The molecule has 0 spiro atoms. The molecule has 128 valence electrons. The molecule has 0 bridgehead atoms.